The van der Waals surface area contributed by atoms with Gasteiger partial charge < -0.3 is 4.74 Å². The highest BCUT2D eigenvalue weighted by molar-refractivity contribution is 7.80. The maximum Gasteiger partial charge on any atom is 0.412 e. The summed E-state index contributed by atoms with van der Waals surface area (Å²) in [4.78, 5) is 11.5. The first kappa shape index (κ1) is 12.8. The highest BCUT2D eigenvalue weighted by atomic mass is 32.1. The van der Waals surface area contributed by atoms with Crippen molar-refractivity contribution in [3.05, 3.63) is 24.0 Å². The van der Waals surface area contributed by atoms with E-state index in [1.165, 1.54) is 12.1 Å². The number of hydrogen-bond donors (Lipinski definition) is 2. The van der Waals surface area contributed by atoms with Crippen molar-refractivity contribution >= 4 is 24.4 Å². The molecule has 0 fully saturated rings. The van der Waals surface area contributed by atoms with Gasteiger partial charge in [0.05, 0.1) is 10.6 Å². The first-order valence-electron chi connectivity index (χ1n) is 4.77. The molecule has 0 aromatic heterocycles. The molecule has 1 aromatic carbocycles. The third-order valence-corrected chi connectivity index (χ3v) is 2.08. The van der Waals surface area contributed by atoms with E-state index in [0.29, 0.717) is 0 Å². The Balaban J connectivity index is 2.74. The lowest BCUT2D eigenvalue weighted by molar-refractivity contribution is 0.0635. The van der Waals surface area contributed by atoms with Crippen LogP contribution in [0.25, 0.3) is 0 Å². The number of thiol groups is 1. The number of nitrogens with one attached hydrogen (secondary N) is 1. The molecule has 1 N–H and O–H groups in total. The molecule has 0 spiro atoms. The van der Waals surface area contributed by atoms with E-state index in [0.717, 1.165) is 0 Å². The third kappa shape index (κ3) is 3.73. The molecule has 0 radical (unpaired) electrons. The van der Waals surface area contributed by atoms with Gasteiger partial charge in [0.25, 0.3) is 0 Å². The summed E-state index contributed by atoms with van der Waals surface area (Å²) in [6, 6.07) is 4.31. The summed E-state index contributed by atoms with van der Waals surface area (Å²) in [5.74, 6) is -0.489. The van der Waals surface area contributed by atoms with E-state index in [4.69, 9.17) is 4.74 Å². The monoisotopic (exact) mass is 243 g/mol. The van der Waals surface area contributed by atoms with Crippen LogP contribution in [0.5, 0.6) is 0 Å². The first-order valence-corrected chi connectivity index (χ1v) is 5.22. The Morgan fingerprint density at radius 1 is 1.44 bits per heavy atom. The summed E-state index contributed by atoms with van der Waals surface area (Å²) in [6.07, 6.45) is -0.631. The zero-order chi connectivity index (χ0) is 12.3. The third-order valence-electron chi connectivity index (χ3n) is 1.62. The molecule has 1 rings (SSSR count). The van der Waals surface area contributed by atoms with Gasteiger partial charge >= 0.3 is 6.09 Å². The van der Waals surface area contributed by atoms with E-state index in [1.807, 2.05) is 0 Å². The lowest BCUT2D eigenvalue weighted by Crippen LogP contribution is -2.27. The standard InChI is InChI=1S/C11H14FNO2S/c1-11(2,3)15-10(14)13-8-6-4-5-7(12)9(8)16/h4-6,16H,1-3H3,(H,13,14). The lowest BCUT2D eigenvalue weighted by Gasteiger charge is -2.20. The molecule has 1 aromatic rings. The summed E-state index contributed by atoms with van der Waals surface area (Å²) in [5.41, 5.74) is -0.300. The molecule has 1 amide bonds. The molecule has 0 aliphatic carbocycles. The second-order valence-corrected chi connectivity index (χ2v) is 4.71. The van der Waals surface area contributed by atoms with Crippen LogP contribution in [-0.4, -0.2) is 11.7 Å². The molecule has 0 heterocycles. The van der Waals surface area contributed by atoms with Crippen molar-refractivity contribution in [2.45, 2.75) is 31.3 Å². The van der Waals surface area contributed by atoms with Gasteiger partial charge in [0.15, 0.2) is 0 Å². The van der Waals surface area contributed by atoms with Crippen LogP contribution >= 0.6 is 12.6 Å². The van der Waals surface area contributed by atoms with Crippen molar-refractivity contribution in [2.75, 3.05) is 5.32 Å². The molecule has 0 aliphatic rings. The number of halogens is 1. The summed E-state index contributed by atoms with van der Waals surface area (Å²) in [7, 11) is 0. The zero-order valence-corrected chi connectivity index (χ0v) is 10.3. The van der Waals surface area contributed by atoms with Gasteiger partial charge in [-0.15, -0.1) is 12.6 Å². The van der Waals surface area contributed by atoms with E-state index in [2.05, 4.69) is 17.9 Å². The number of anilines is 1. The van der Waals surface area contributed by atoms with Crippen LogP contribution in [0.1, 0.15) is 20.8 Å². The van der Waals surface area contributed by atoms with Gasteiger partial charge in [0.1, 0.15) is 11.4 Å². The summed E-state index contributed by atoms with van der Waals surface area (Å²) >= 11 is 3.95. The molecule has 0 saturated carbocycles. The predicted molar refractivity (Wildman–Crippen MR) is 63.5 cm³/mol. The maximum atomic E-state index is 13.1. The molecule has 16 heavy (non-hydrogen) atoms. The Labute approximate surface area is 99.4 Å². The molecular formula is C11H14FNO2S. The molecular weight excluding hydrogens is 229 g/mol. The average Bonchev–Trinajstić information content (AvgIpc) is 2.09. The van der Waals surface area contributed by atoms with E-state index >= 15 is 0 Å². The van der Waals surface area contributed by atoms with Crippen LogP contribution < -0.4 is 5.32 Å². The summed E-state index contributed by atoms with van der Waals surface area (Å²) in [6.45, 7) is 5.25. The van der Waals surface area contributed by atoms with Gasteiger partial charge in [0.2, 0.25) is 0 Å². The van der Waals surface area contributed by atoms with E-state index in [9.17, 15) is 9.18 Å². The Morgan fingerprint density at radius 3 is 2.62 bits per heavy atom. The van der Waals surface area contributed by atoms with Crippen molar-refractivity contribution in [2.24, 2.45) is 0 Å². The van der Waals surface area contributed by atoms with Crippen molar-refractivity contribution in [1.29, 1.82) is 0 Å². The van der Waals surface area contributed by atoms with Gasteiger partial charge in [-0.3, -0.25) is 5.32 Å². The Morgan fingerprint density at radius 2 is 2.06 bits per heavy atom. The smallest absolute Gasteiger partial charge is 0.412 e. The Bertz CT molecular complexity index is 401. The molecule has 0 bridgehead atoms. The number of amides is 1. The fourth-order valence-corrected chi connectivity index (χ4v) is 1.23. The fraction of sp³-hybridized carbons (Fsp3) is 0.364. The van der Waals surface area contributed by atoms with Gasteiger partial charge in [-0.1, -0.05) is 6.07 Å². The number of benzene rings is 1. The van der Waals surface area contributed by atoms with Crippen molar-refractivity contribution in [3.8, 4) is 0 Å². The Hall–Kier alpha value is -1.23. The lowest BCUT2D eigenvalue weighted by atomic mass is 10.2. The van der Waals surface area contributed by atoms with Gasteiger partial charge in [-0.2, -0.15) is 0 Å². The minimum Gasteiger partial charge on any atom is -0.444 e. The van der Waals surface area contributed by atoms with E-state index in [1.54, 1.807) is 26.8 Å². The second kappa shape index (κ2) is 4.74. The van der Waals surface area contributed by atoms with Crippen molar-refractivity contribution in [3.63, 3.8) is 0 Å². The van der Waals surface area contributed by atoms with Gasteiger partial charge in [0, 0.05) is 0 Å². The van der Waals surface area contributed by atoms with Crippen molar-refractivity contribution in [1.82, 2.24) is 0 Å². The minimum atomic E-state index is -0.631. The second-order valence-electron chi connectivity index (χ2n) is 4.26. The molecule has 0 atom stereocenters. The number of carbonyl (C=O) groups is 1. The largest absolute Gasteiger partial charge is 0.444 e. The number of hydrogen-bond acceptors (Lipinski definition) is 3. The molecule has 3 nitrogen and oxygen atoms in total. The average molecular weight is 243 g/mol. The Kier molecular flexibility index (Phi) is 3.80. The minimum absolute atomic E-state index is 0.0911. The topological polar surface area (TPSA) is 38.3 Å². The summed E-state index contributed by atoms with van der Waals surface area (Å²) in [5, 5.41) is 2.43. The number of carbonyl (C=O) groups excluding carboxylic acids is 1. The number of ether oxygens (including phenoxy) is 1. The van der Waals surface area contributed by atoms with Crippen LogP contribution in [0, 0.1) is 5.82 Å². The predicted octanol–water partition coefficient (Wildman–Crippen LogP) is 3.46. The quantitative estimate of drug-likeness (QED) is 0.741. The SMILES string of the molecule is CC(C)(C)OC(=O)Nc1cccc(F)c1S. The molecule has 0 aliphatic heterocycles. The highest BCUT2D eigenvalue weighted by Gasteiger charge is 2.17. The van der Waals surface area contributed by atoms with Crippen LogP contribution in [-0.2, 0) is 4.74 Å². The normalized spacial score (nSPS) is 11.1. The fourth-order valence-electron chi connectivity index (χ4n) is 1.03. The molecule has 88 valence electrons. The molecule has 0 unspecified atom stereocenters. The number of rotatable bonds is 1. The maximum absolute atomic E-state index is 13.1. The van der Waals surface area contributed by atoms with Crippen LogP contribution in [0.15, 0.2) is 23.1 Å². The van der Waals surface area contributed by atoms with Crippen LogP contribution in [0.3, 0.4) is 0 Å². The molecule has 0 saturated heterocycles. The van der Waals surface area contributed by atoms with Crippen molar-refractivity contribution < 1.29 is 13.9 Å². The zero-order valence-electron chi connectivity index (χ0n) is 9.37. The first-order chi connectivity index (χ1) is 7.29. The molecule has 5 heteroatoms. The van der Waals surface area contributed by atoms with Crippen LogP contribution in [0.2, 0.25) is 0 Å². The van der Waals surface area contributed by atoms with Gasteiger partial charge in [-0.25, -0.2) is 9.18 Å². The van der Waals surface area contributed by atoms with Gasteiger partial charge in [-0.05, 0) is 32.9 Å². The summed E-state index contributed by atoms with van der Waals surface area (Å²) < 4.78 is 18.1. The van der Waals surface area contributed by atoms with E-state index in [-0.39, 0.29) is 10.6 Å². The highest BCUT2D eigenvalue weighted by Crippen LogP contribution is 2.23. The van der Waals surface area contributed by atoms with E-state index < -0.39 is 17.5 Å². The van der Waals surface area contributed by atoms with Crippen LogP contribution in [0.4, 0.5) is 14.9 Å².